The Hall–Kier alpha value is -1.54. The lowest BCUT2D eigenvalue weighted by Crippen LogP contribution is -2.54. The molecule has 1 atom stereocenters. The van der Waals surface area contributed by atoms with Crippen molar-refractivity contribution in [3.63, 3.8) is 0 Å². The highest BCUT2D eigenvalue weighted by atomic mass is 31.0. The number of ketones is 1. The molecule has 0 aliphatic carbocycles. The van der Waals surface area contributed by atoms with Crippen molar-refractivity contribution < 1.29 is 9.53 Å². The molecule has 0 bridgehead atoms. The topological polar surface area (TPSA) is 29.5 Å². The zero-order chi connectivity index (χ0) is 17.9. The van der Waals surface area contributed by atoms with Crippen molar-refractivity contribution in [3.05, 3.63) is 59.7 Å². The van der Waals surface area contributed by atoms with E-state index >= 15 is 0 Å². The van der Waals surface area contributed by atoms with E-state index in [2.05, 4.69) is 44.5 Å². The van der Waals surface area contributed by atoms with Gasteiger partial charge in [-0.05, 0) is 42.8 Å². The molecule has 1 fully saturated rings. The summed E-state index contributed by atoms with van der Waals surface area (Å²) in [5.41, 5.74) is 3.75. The zero-order valence-corrected chi connectivity index (χ0v) is 16.2. The third-order valence-electron chi connectivity index (χ3n) is 5.01. The van der Waals surface area contributed by atoms with E-state index in [1.165, 1.54) is 5.56 Å². The van der Waals surface area contributed by atoms with Crippen LogP contribution in [0.1, 0.15) is 29.8 Å². The van der Waals surface area contributed by atoms with Gasteiger partial charge in [-0.1, -0.05) is 42.5 Å². The molecule has 2 aromatic carbocycles. The maximum Gasteiger partial charge on any atom is 0.182 e. The molecule has 0 aromatic heterocycles. The first kappa shape index (κ1) is 18.3. The van der Waals surface area contributed by atoms with E-state index in [0.717, 1.165) is 35.9 Å². The minimum absolute atomic E-state index is 0.165. The smallest absolute Gasteiger partial charge is 0.182 e. The number of benzene rings is 2. The van der Waals surface area contributed by atoms with Gasteiger partial charge in [0.25, 0.3) is 0 Å². The third-order valence-corrected chi connectivity index (χ3v) is 5.48. The van der Waals surface area contributed by atoms with Crippen molar-refractivity contribution in [2.75, 3.05) is 26.3 Å². The van der Waals surface area contributed by atoms with Crippen molar-refractivity contribution in [1.82, 2.24) is 4.90 Å². The monoisotopic (exact) mass is 355 g/mol. The van der Waals surface area contributed by atoms with Gasteiger partial charge in [0, 0.05) is 18.7 Å². The van der Waals surface area contributed by atoms with Crippen molar-refractivity contribution in [3.8, 4) is 11.1 Å². The van der Waals surface area contributed by atoms with Crippen LogP contribution in [0.15, 0.2) is 48.5 Å². The van der Waals surface area contributed by atoms with Crippen LogP contribution in [0.5, 0.6) is 0 Å². The van der Waals surface area contributed by atoms with Gasteiger partial charge in [-0.3, -0.25) is 9.69 Å². The van der Waals surface area contributed by atoms with Crippen LogP contribution in [-0.4, -0.2) is 42.5 Å². The number of carbonyl (C=O) groups excluding carboxylic acids is 1. The highest BCUT2D eigenvalue weighted by Crippen LogP contribution is 2.26. The fraction of sp³-hybridized carbons (Fsp3) is 0.381. The number of Topliss-reactive ketones (excluding diaryl/α,β-unsaturated/α-hetero) is 1. The van der Waals surface area contributed by atoms with Gasteiger partial charge < -0.3 is 4.74 Å². The number of hydrogen-bond donors (Lipinski definition) is 0. The van der Waals surface area contributed by atoms with Crippen LogP contribution in [0.4, 0.5) is 0 Å². The van der Waals surface area contributed by atoms with Gasteiger partial charge in [0.2, 0.25) is 0 Å². The van der Waals surface area contributed by atoms with Gasteiger partial charge in [0.05, 0.1) is 18.8 Å². The second-order valence-corrected chi connectivity index (χ2v) is 7.38. The first-order valence-electron chi connectivity index (χ1n) is 8.79. The summed E-state index contributed by atoms with van der Waals surface area (Å²) in [6, 6.07) is 16.5. The van der Waals surface area contributed by atoms with E-state index < -0.39 is 5.54 Å². The molecule has 1 aliphatic heterocycles. The lowest BCUT2D eigenvalue weighted by molar-refractivity contribution is -0.00429. The zero-order valence-electron chi connectivity index (χ0n) is 15.0. The molecular weight excluding hydrogens is 329 g/mol. The highest BCUT2D eigenvalue weighted by Gasteiger charge is 2.35. The molecule has 25 heavy (non-hydrogen) atoms. The van der Waals surface area contributed by atoms with Gasteiger partial charge in [-0.15, -0.1) is 9.24 Å². The van der Waals surface area contributed by atoms with E-state index in [-0.39, 0.29) is 5.78 Å². The number of morpholine rings is 1. The molecule has 1 unspecified atom stereocenters. The van der Waals surface area contributed by atoms with Gasteiger partial charge in [0.15, 0.2) is 5.78 Å². The fourth-order valence-electron chi connectivity index (χ4n) is 3.29. The normalized spacial score (nSPS) is 16.0. The first-order chi connectivity index (χ1) is 12.0. The summed E-state index contributed by atoms with van der Waals surface area (Å²) in [6.45, 7) is 7.02. The van der Waals surface area contributed by atoms with Crippen molar-refractivity contribution >= 4 is 15.0 Å². The van der Waals surface area contributed by atoms with Crippen LogP contribution in [0, 0.1) is 0 Å². The number of hydrogen-bond acceptors (Lipinski definition) is 3. The maximum absolute atomic E-state index is 13.2. The highest BCUT2D eigenvalue weighted by molar-refractivity contribution is 7.15. The molecule has 1 saturated heterocycles. The molecule has 0 spiro atoms. The molecule has 0 amide bonds. The lowest BCUT2D eigenvalue weighted by atomic mass is 9.89. The van der Waals surface area contributed by atoms with Crippen LogP contribution in [0.3, 0.4) is 0 Å². The van der Waals surface area contributed by atoms with Crippen LogP contribution in [0.2, 0.25) is 0 Å². The van der Waals surface area contributed by atoms with Crippen LogP contribution < -0.4 is 0 Å². The van der Waals surface area contributed by atoms with Crippen molar-refractivity contribution in [2.45, 2.75) is 25.5 Å². The minimum atomic E-state index is -0.522. The Morgan fingerprint density at radius 2 is 1.76 bits per heavy atom. The molecule has 3 nitrogen and oxygen atoms in total. The maximum atomic E-state index is 13.2. The Bertz CT molecular complexity index is 734. The second-order valence-electron chi connectivity index (χ2n) is 6.97. The summed E-state index contributed by atoms with van der Waals surface area (Å²) in [6.07, 6.45) is 0.951. The number of nitrogens with zero attached hydrogens (tertiary/aromatic N) is 1. The molecule has 0 N–H and O–H groups in total. The van der Waals surface area contributed by atoms with E-state index in [4.69, 9.17) is 4.74 Å². The largest absolute Gasteiger partial charge is 0.379 e. The summed E-state index contributed by atoms with van der Waals surface area (Å²) in [5, 5.41) is 0. The molecule has 2 aromatic rings. The third kappa shape index (κ3) is 4.00. The van der Waals surface area contributed by atoms with E-state index in [9.17, 15) is 4.79 Å². The SMILES string of the molecule is CC(C)(C(=O)c1cccc(-c2ccc(CP)cc2)c1)N1CCOCC1. The van der Waals surface area contributed by atoms with Gasteiger partial charge in [-0.2, -0.15) is 0 Å². The number of rotatable bonds is 5. The number of carbonyl (C=O) groups is 1. The molecule has 0 radical (unpaired) electrons. The van der Waals surface area contributed by atoms with Gasteiger partial charge in [0.1, 0.15) is 0 Å². The average Bonchev–Trinajstić information content (AvgIpc) is 2.68. The Balaban J connectivity index is 1.85. The summed E-state index contributed by atoms with van der Waals surface area (Å²) in [7, 11) is 2.74. The standard InChI is InChI=1S/C21H26NO2P/c1-21(2,22-10-12-24-13-11-22)20(23)19-5-3-4-18(14-19)17-8-6-16(15-25)7-9-17/h3-9,14H,10-13,15,25H2,1-2H3. The van der Waals surface area contributed by atoms with Crippen molar-refractivity contribution in [2.24, 2.45) is 0 Å². The molecule has 4 heteroatoms. The summed E-state index contributed by atoms with van der Waals surface area (Å²) in [5.74, 6) is 0.165. The predicted molar refractivity (Wildman–Crippen MR) is 106 cm³/mol. The lowest BCUT2D eigenvalue weighted by Gasteiger charge is -2.39. The van der Waals surface area contributed by atoms with E-state index in [1.807, 2.05) is 32.0 Å². The van der Waals surface area contributed by atoms with Gasteiger partial charge >= 0.3 is 0 Å². The summed E-state index contributed by atoms with van der Waals surface area (Å²) >= 11 is 0. The minimum Gasteiger partial charge on any atom is -0.379 e. The Kier molecular flexibility index (Phi) is 5.68. The Morgan fingerprint density at radius 3 is 2.40 bits per heavy atom. The fourth-order valence-corrected chi connectivity index (χ4v) is 3.56. The Morgan fingerprint density at radius 1 is 1.08 bits per heavy atom. The quantitative estimate of drug-likeness (QED) is 0.599. The molecule has 1 heterocycles. The predicted octanol–water partition coefficient (Wildman–Crippen LogP) is 4.02. The van der Waals surface area contributed by atoms with Crippen molar-refractivity contribution in [1.29, 1.82) is 0 Å². The molecule has 0 saturated carbocycles. The molecule has 3 rings (SSSR count). The molecule has 132 valence electrons. The second kappa shape index (κ2) is 7.78. The van der Waals surface area contributed by atoms with E-state index in [0.29, 0.717) is 13.2 Å². The van der Waals surface area contributed by atoms with Gasteiger partial charge in [-0.25, -0.2) is 0 Å². The molecular formula is C21H26NO2P. The van der Waals surface area contributed by atoms with Crippen LogP contribution >= 0.6 is 9.24 Å². The first-order valence-corrected chi connectivity index (χ1v) is 9.61. The van der Waals surface area contributed by atoms with Crippen LogP contribution in [-0.2, 0) is 10.9 Å². The van der Waals surface area contributed by atoms with Crippen LogP contribution in [0.25, 0.3) is 11.1 Å². The average molecular weight is 355 g/mol. The van der Waals surface area contributed by atoms with E-state index in [1.54, 1.807) is 0 Å². The number of ether oxygens (including phenoxy) is 1. The Labute approximate surface area is 152 Å². The summed E-state index contributed by atoms with van der Waals surface area (Å²) < 4.78 is 5.42. The summed E-state index contributed by atoms with van der Waals surface area (Å²) in [4.78, 5) is 15.4. The molecule has 1 aliphatic rings.